The standard InChI is InChI=1S/C58H113NO5/c1-3-5-7-9-11-13-15-32-36-40-44-48-52-58(63)64-53-49-45-41-37-33-30-28-26-24-22-20-18-16-17-19-21-23-25-27-29-31-35-39-43-47-51-57(62)59-55(54-60)56(61)50-46-42-38-34-14-12-10-8-6-4-2/h11,13,55-56,60-61H,3-10,12,14-54H2,1-2H3,(H,59,62)/b13-11-. The molecule has 0 saturated carbocycles. The number of aliphatic hydroxyl groups is 2. The summed E-state index contributed by atoms with van der Waals surface area (Å²) in [6, 6.07) is -0.537. The molecule has 380 valence electrons. The highest BCUT2D eigenvalue weighted by molar-refractivity contribution is 5.76. The number of aliphatic hydroxyl groups excluding tert-OH is 2. The number of hydrogen-bond acceptors (Lipinski definition) is 5. The van der Waals surface area contributed by atoms with Crippen LogP contribution in [0.3, 0.4) is 0 Å². The number of rotatable bonds is 54. The number of unbranched alkanes of at least 4 members (excludes halogenated alkanes) is 41. The average Bonchev–Trinajstić information content (AvgIpc) is 3.29. The lowest BCUT2D eigenvalue weighted by Gasteiger charge is -2.22. The minimum Gasteiger partial charge on any atom is -0.466 e. The molecule has 0 bridgehead atoms. The molecule has 2 atom stereocenters. The molecule has 0 radical (unpaired) electrons. The minimum absolute atomic E-state index is 0.00645. The van der Waals surface area contributed by atoms with Crippen molar-refractivity contribution in [1.82, 2.24) is 5.32 Å². The molecular formula is C58H113NO5. The zero-order valence-electron chi connectivity index (χ0n) is 43.3. The van der Waals surface area contributed by atoms with Gasteiger partial charge in [-0.15, -0.1) is 0 Å². The van der Waals surface area contributed by atoms with Gasteiger partial charge in [0, 0.05) is 12.8 Å². The van der Waals surface area contributed by atoms with Crippen molar-refractivity contribution >= 4 is 11.9 Å². The highest BCUT2D eigenvalue weighted by Crippen LogP contribution is 2.18. The molecule has 0 aliphatic carbocycles. The van der Waals surface area contributed by atoms with Crippen LogP contribution in [0.1, 0.15) is 322 Å². The molecule has 64 heavy (non-hydrogen) atoms. The number of carbonyl (C=O) groups excluding carboxylic acids is 2. The molecule has 3 N–H and O–H groups in total. The lowest BCUT2D eigenvalue weighted by molar-refractivity contribution is -0.143. The summed E-state index contributed by atoms with van der Waals surface area (Å²) in [5.41, 5.74) is 0. The van der Waals surface area contributed by atoms with E-state index in [1.807, 2.05) is 0 Å². The molecule has 0 aromatic rings. The van der Waals surface area contributed by atoms with Crippen molar-refractivity contribution < 1.29 is 24.5 Å². The highest BCUT2D eigenvalue weighted by Gasteiger charge is 2.20. The second-order valence-electron chi connectivity index (χ2n) is 20.0. The molecule has 1 amide bonds. The summed E-state index contributed by atoms with van der Waals surface area (Å²) < 4.78 is 5.46. The van der Waals surface area contributed by atoms with Gasteiger partial charge in [0.2, 0.25) is 5.91 Å². The zero-order chi connectivity index (χ0) is 46.5. The van der Waals surface area contributed by atoms with Crippen LogP contribution in [0.4, 0.5) is 0 Å². The Morgan fingerprint density at radius 3 is 1.14 bits per heavy atom. The lowest BCUT2D eigenvalue weighted by atomic mass is 10.0. The fourth-order valence-electron chi connectivity index (χ4n) is 9.11. The van der Waals surface area contributed by atoms with E-state index in [0.29, 0.717) is 25.9 Å². The van der Waals surface area contributed by atoms with Crippen molar-refractivity contribution in [3.05, 3.63) is 12.2 Å². The van der Waals surface area contributed by atoms with Crippen LogP contribution in [0.5, 0.6) is 0 Å². The Kier molecular flexibility index (Phi) is 53.0. The molecule has 6 heteroatoms. The van der Waals surface area contributed by atoms with Crippen LogP contribution in [-0.2, 0) is 14.3 Å². The molecule has 0 rings (SSSR count). The first-order valence-corrected chi connectivity index (χ1v) is 28.9. The molecule has 0 aliphatic rings. The van der Waals surface area contributed by atoms with Gasteiger partial charge in [-0.2, -0.15) is 0 Å². The van der Waals surface area contributed by atoms with Gasteiger partial charge < -0.3 is 20.3 Å². The summed E-state index contributed by atoms with van der Waals surface area (Å²) >= 11 is 0. The summed E-state index contributed by atoms with van der Waals surface area (Å²) in [7, 11) is 0. The van der Waals surface area contributed by atoms with Crippen molar-refractivity contribution in [2.45, 2.75) is 334 Å². The monoisotopic (exact) mass is 904 g/mol. The molecule has 0 heterocycles. The van der Waals surface area contributed by atoms with Gasteiger partial charge in [-0.05, 0) is 51.4 Å². The SMILES string of the molecule is CCCCC/C=C\CCCCCCCC(=O)OCCCCCCCCCCCCCCCCCCCCCCCCCCCC(=O)NC(CO)C(O)CCCCCCCCCCCC. The quantitative estimate of drug-likeness (QED) is 0.0321. The van der Waals surface area contributed by atoms with Crippen LogP contribution in [0.25, 0.3) is 0 Å². The Hall–Kier alpha value is -1.40. The maximum Gasteiger partial charge on any atom is 0.305 e. The molecule has 0 fully saturated rings. The van der Waals surface area contributed by atoms with Gasteiger partial charge >= 0.3 is 5.97 Å². The molecule has 0 saturated heterocycles. The number of carbonyl (C=O) groups is 2. The van der Waals surface area contributed by atoms with Crippen LogP contribution < -0.4 is 5.32 Å². The largest absolute Gasteiger partial charge is 0.466 e. The van der Waals surface area contributed by atoms with Crippen LogP contribution in [-0.4, -0.2) is 47.4 Å². The van der Waals surface area contributed by atoms with Gasteiger partial charge in [0.1, 0.15) is 0 Å². The van der Waals surface area contributed by atoms with Gasteiger partial charge in [-0.25, -0.2) is 0 Å². The van der Waals surface area contributed by atoms with E-state index in [1.54, 1.807) is 0 Å². The van der Waals surface area contributed by atoms with Crippen LogP contribution >= 0.6 is 0 Å². The topological polar surface area (TPSA) is 95.9 Å². The summed E-state index contributed by atoms with van der Waals surface area (Å²) in [5.74, 6) is -0.0274. The molecule has 6 nitrogen and oxygen atoms in total. The van der Waals surface area contributed by atoms with Crippen molar-refractivity contribution in [2.24, 2.45) is 0 Å². The van der Waals surface area contributed by atoms with Crippen molar-refractivity contribution in [3.63, 3.8) is 0 Å². The smallest absolute Gasteiger partial charge is 0.305 e. The van der Waals surface area contributed by atoms with E-state index in [2.05, 4.69) is 31.3 Å². The van der Waals surface area contributed by atoms with E-state index in [4.69, 9.17) is 4.74 Å². The third-order valence-corrected chi connectivity index (χ3v) is 13.6. The predicted molar refractivity (Wildman–Crippen MR) is 278 cm³/mol. The maximum atomic E-state index is 12.4. The van der Waals surface area contributed by atoms with Gasteiger partial charge in [0.25, 0.3) is 0 Å². The Morgan fingerprint density at radius 1 is 0.422 bits per heavy atom. The molecule has 0 aromatic heterocycles. The van der Waals surface area contributed by atoms with Crippen molar-refractivity contribution in [2.75, 3.05) is 13.2 Å². The molecule has 2 unspecified atom stereocenters. The Balaban J connectivity index is 3.33. The van der Waals surface area contributed by atoms with E-state index in [9.17, 15) is 19.8 Å². The number of nitrogens with one attached hydrogen (secondary N) is 1. The Labute approximate surface area is 399 Å². The Morgan fingerprint density at radius 2 is 0.734 bits per heavy atom. The van der Waals surface area contributed by atoms with Gasteiger partial charge in [0.05, 0.1) is 25.4 Å². The van der Waals surface area contributed by atoms with Gasteiger partial charge in [0.15, 0.2) is 0 Å². The fourth-order valence-corrected chi connectivity index (χ4v) is 9.11. The van der Waals surface area contributed by atoms with E-state index in [1.165, 1.54) is 244 Å². The molecule has 0 aliphatic heterocycles. The maximum absolute atomic E-state index is 12.4. The predicted octanol–water partition coefficient (Wildman–Crippen LogP) is 17.7. The first kappa shape index (κ1) is 62.6. The van der Waals surface area contributed by atoms with E-state index < -0.39 is 12.1 Å². The van der Waals surface area contributed by atoms with E-state index in [0.717, 1.165) is 44.9 Å². The number of ether oxygens (including phenoxy) is 1. The van der Waals surface area contributed by atoms with Gasteiger partial charge in [-0.3, -0.25) is 9.59 Å². The summed E-state index contributed by atoms with van der Waals surface area (Å²) in [5, 5.41) is 23.1. The Bertz CT molecular complexity index is 955. The summed E-state index contributed by atoms with van der Waals surface area (Å²) in [4.78, 5) is 24.4. The summed E-state index contributed by atoms with van der Waals surface area (Å²) in [6.07, 6.45) is 63.6. The molecule has 0 spiro atoms. The molecular weight excluding hydrogens is 791 g/mol. The van der Waals surface area contributed by atoms with E-state index >= 15 is 0 Å². The van der Waals surface area contributed by atoms with Crippen LogP contribution in [0.2, 0.25) is 0 Å². The first-order valence-electron chi connectivity index (χ1n) is 28.9. The van der Waals surface area contributed by atoms with Crippen LogP contribution in [0, 0.1) is 0 Å². The van der Waals surface area contributed by atoms with E-state index in [-0.39, 0.29) is 18.5 Å². The fraction of sp³-hybridized carbons (Fsp3) is 0.931. The zero-order valence-corrected chi connectivity index (χ0v) is 43.3. The molecule has 0 aromatic carbocycles. The van der Waals surface area contributed by atoms with Crippen molar-refractivity contribution in [3.8, 4) is 0 Å². The lowest BCUT2D eigenvalue weighted by Crippen LogP contribution is -2.45. The second-order valence-corrected chi connectivity index (χ2v) is 20.0. The van der Waals surface area contributed by atoms with Crippen molar-refractivity contribution in [1.29, 1.82) is 0 Å². The first-order chi connectivity index (χ1) is 31.5. The highest BCUT2D eigenvalue weighted by atomic mass is 16.5. The third kappa shape index (κ3) is 50.0. The second kappa shape index (κ2) is 54.2. The summed E-state index contributed by atoms with van der Waals surface area (Å²) in [6.45, 7) is 4.93. The number of hydrogen-bond donors (Lipinski definition) is 3. The minimum atomic E-state index is -0.660. The number of esters is 1. The average molecular weight is 905 g/mol. The number of allylic oxidation sites excluding steroid dienone is 2. The normalized spacial score (nSPS) is 12.6. The third-order valence-electron chi connectivity index (χ3n) is 13.6. The van der Waals surface area contributed by atoms with Crippen LogP contribution in [0.15, 0.2) is 12.2 Å². The number of amides is 1. The van der Waals surface area contributed by atoms with Gasteiger partial charge in [-0.1, -0.05) is 270 Å².